The van der Waals surface area contributed by atoms with Gasteiger partial charge in [-0.1, -0.05) is 18.2 Å². The van der Waals surface area contributed by atoms with Crippen LogP contribution in [-0.2, 0) is 13.6 Å². The standard InChI is InChI=1S/C17H18BrN5O/c1-11-14(9-19-17(24)16-15(18)10-22(3)21-16)12(2)23(20-11)13-7-5-4-6-8-13/h4-8,10H,9H2,1-3H3,(H,19,24). The first-order chi connectivity index (χ1) is 11.5. The van der Waals surface area contributed by atoms with Gasteiger partial charge in [0.1, 0.15) is 0 Å². The number of rotatable bonds is 4. The summed E-state index contributed by atoms with van der Waals surface area (Å²) in [6.07, 6.45) is 1.75. The summed E-state index contributed by atoms with van der Waals surface area (Å²) < 4.78 is 4.17. The molecule has 7 heteroatoms. The van der Waals surface area contributed by atoms with E-state index >= 15 is 0 Å². The molecule has 0 atom stereocenters. The van der Waals surface area contributed by atoms with Crippen LogP contribution in [0.25, 0.3) is 5.69 Å². The number of nitrogens with zero attached hydrogens (tertiary/aromatic N) is 4. The van der Waals surface area contributed by atoms with Crippen LogP contribution >= 0.6 is 15.9 Å². The van der Waals surface area contributed by atoms with Gasteiger partial charge < -0.3 is 5.32 Å². The molecule has 24 heavy (non-hydrogen) atoms. The van der Waals surface area contributed by atoms with Gasteiger partial charge in [0.2, 0.25) is 0 Å². The lowest BCUT2D eigenvalue weighted by Gasteiger charge is -2.06. The van der Waals surface area contributed by atoms with Gasteiger partial charge in [0.25, 0.3) is 5.91 Å². The van der Waals surface area contributed by atoms with Crippen LogP contribution in [0, 0.1) is 13.8 Å². The summed E-state index contributed by atoms with van der Waals surface area (Å²) in [4.78, 5) is 12.3. The summed E-state index contributed by atoms with van der Waals surface area (Å²) in [6.45, 7) is 4.36. The fraction of sp³-hybridized carbons (Fsp3) is 0.235. The molecule has 0 saturated heterocycles. The summed E-state index contributed by atoms with van der Waals surface area (Å²) in [5.74, 6) is -0.214. The fourth-order valence-corrected chi connectivity index (χ4v) is 3.17. The maximum absolute atomic E-state index is 12.3. The molecule has 0 radical (unpaired) electrons. The zero-order valence-electron chi connectivity index (χ0n) is 13.7. The molecule has 3 rings (SSSR count). The topological polar surface area (TPSA) is 64.7 Å². The molecule has 0 spiro atoms. The van der Waals surface area contributed by atoms with Gasteiger partial charge in [-0.3, -0.25) is 9.48 Å². The molecule has 6 nitrogen and oxygen atoms in total. The Bertz CT molecular complexity index is 882. The molecule has 0 fully saturated rings. The highest BCUT2D eigenvalue weighted by Crippen LogP contribution is 2.18. The summed E-state index contributed by atoms with van der Waals surface area (Å²) in [5, 5.41) is 11.7. The van der Waals surface area contributed by atoms with E-state index in [9.17, 15) is 4.79 Å². The Hall–Kier alpha value is -2.41. The van der Waals surface area contributed by atoms with Gasteiger partial charge in [-0.05, 0) is 41.9 Å². The van der Waals surface area contributed by atoms with Crippen molar-refractivity contribution in [2.75, 3.05) is 0 Å². The average molecular weight is 388 g/mol. The molecule has 0 aliphatic rings. The van der Waals surface area contributed by atoms with E-state index in [1.165, 1.54) is 0 Å². The molecular weight excluding hydrogens is 370 g/mol. The number of hydrogen-bond acceptors (Lipinski definition) is 3. The quantitative estimate of drug-likeness (QED) is 0.748. The zero-order valence-corrected chi connectivity index (χ0v) is 15.3. The second-order valence-corrected chi connectivity index (χ2v) is 6.43. The van der Waals surface area contributed by atoms with Crippen molar-refractivity contribution < 1.29 is 4.79 Å². The normalized spacial score (nSPS) is 10.8. The van der Waals surface area contributed by atoms with Crippen LogP contribution < -0.4 is 5.32 Å². The van der Waals surface area contributed by atoms with Gasteiger partial charge in [-0.2, -0.15) is 10.2 Å². The van der Waals surface area contributed by atoms with Gasteiger partial charge in [0, 0.05) is 31.0 Å². The minimum atomic E-state index is -0.214. The molecule has 3 aromatic rings. The van der Waals surface area contributed by atoms with Gasteiger partial charge in [-0.15, -0.1) is 0 Å². The van der Waals surface area contributed by atoms with Gasteiger partial charge in [0.05, 0.1) is 15.9 Å². The van der Waals surface area contributed by atoms with Crippen molar-refractivity contribution in [3.8, 4) is 5.69 Å². The summed E-state index contributed by atoms with van der Waals surface area (Å²) >= 11 is 3.35. The average Bonchev–Trinajstić information content (AvgIpc) is 3.05. The Kier molecular flexibility index (Phi) is 4.53. The van der Waals surface area contributed by atoms with Crippen LogP contribution in [0.5, 0.6) is 0 Å². The molecule has 2 aromatic heterocycles. The van der Waals surface area contributed by atoms with Crippen LogP contribution in [0.1, 0.15) is 27.4 Å². The first kappa shape index (κ1) is 16.4. The van der Waals surface area contributed by atoms with Crippen LogP contribution in [0.4, 0.5) is 0 Å². The van der Waals surface area contributed by atoms with Crippen molar-refractivity contribution in [2.24, 2.45) is 7.05 Å². The Morgan fingerprint density at radius 2 is 1.92 bits per heavy atom. The lowest BCUT2D eigenvalue weighted by atomic mass is 10.2. The van der Waals surface area contributed by atoms with Crippen molar-refractivity contribution in [3.63, 3.8) is 0 Å². The van der Waals surface area contributed by atoms with Crippen LogP contribution in [0.2, 0.25) is 0 Å². The molecule has 0 saturated carbocycles. The third kappa shape index (κ3) is 3.12. The highest BCUT2D eigenvalue weighted by atomic mass is 79.9. The number of carbonyl (C=O) groups is 1. The Morgan fingerprint density at radius 3 is 2.54 bits per heavy atom. The van der Waals surface area contributed by atoms with E-state index in [1.54, 1.807) is 17.9 Å². The van der Waals surface area contributed by atoms with Gasteiger partial charge in [-0.25, -0.2) is 4.68 Å². The lowest BCUT2D eigenvalue weighted by Crippen LogP contribution is -2.24. The molecule has 1 aromatic carbocycles. The predicted octanol–water partition coefficient (Wildman–Crippen LogP) is 2.92. The number of para-hydroxylation sites is 1. The van der Waals surface area contributed by atoms with Crippen LogP contribution in [-0.4, -0.2) is 25.5 Å². The highest BCUT2D eigenvalue weighted by Gasteiger charge is 2.17. The van der Waals surface area contributed by atoms with Crippen molar-refractivity contribution in [3.05, 3.63) is 63.6 Å². The van der Waals surface area contributed by atoms with E-state index in [4.69, 9.17) is 0 Å². The fourth-order valence-electron chi connectivity index (χ4n) is 2.62. The molecule has 0 bridgehead atoms. The van der Waals surface area contributed by atoms with Crippen molar-refractivity contribution in [1.82, 2.24) is 24.9 Å². The van der Waals surface area contributed by atoms with Crippen molar-refractivity contribution >= 4 is 21.8 Å². The van der Waals surface area contributed by atoms with E-state index in [1.807, 2.05) is 48.9 Å². The van der Waals surface area contributed by atoms with E-state index in [0.29, 0.717) is 16.7 Å². The monoisotopic (exact) mass is 387 g/mol. The van der Waals surface area contributed by atoms with Crippen molar-refractivity contribution in [2.45, 2.75) is 20.4 Å². The summed E-state index contributed by atoms with van der Waals surface area (Å²) in [6, 6.07) is 9.94. The number of carbonyl (C=O) groups excluding carboxylic acids is 1. The Labute approximate surface area is 148 Å². The third-order valence-electron chi connectivity index (χ3n) is 3.87. The van der Waals surface area contributed by atoms with E-state index in [0.717, 1.165) is 22.6 Å². The molecule has 0 aliphatic heterocycles. The molecule has 2 heterocycles. The minimum Gasteiger partial charge on any atom is -0.346 e. The number of benzene rings is 1. The van der Waals surface area contributed by atoms with Crippen molar-refractivity contribution in [1.29, 1.82) is 0 Å². The summed E-state index contributed by atoms with van der Waals surface area (Å²) in [5.41, 5.74) is 4.31. The Balaban J connectivity index is 1.80. The maximum Gasteiger partial charge on any atom is 0.273 e. The first-order valence-corrected chi connectivity index (χ1v) is 8.34. The zero-order chi connectivity index (χ0) is 17.3. The Morgan fingerprint density at radius 1 is 1.21 bits per heavy atom. The molecule has 1 N–H and O–H groups in total. The first-order valence-electron chi connectivity index (χ1n) is 7.55. The number of nitrogens with one attached hydrogen (secondary N) is 1. The lowest BCUT2D eigenvalue weighted by molar-refractivity contribution is 0.0944. The van der Waals surface area contributed by atoms with Gasteiger partial charge in [0.15, 0.2) is 5.69 Å². The van der Waals surface area contributed by atoms with Crippen LogP contribution in [0.3, 0.4) is 0 Å². The largest absolute Gasteiger partial charge is 0.346 e. The molecule has 0 unspecified atom stereocenters. The van der Waals surface area contributed by atoms with E-state index < -0.39 is 0 Å². The van der Waals surface area contributed by atoms with Crippen LogP contribution in [0.15, 0.2) is 41.0 Å². The smallest absolute Gasteiger partial charge is 0.273 e. The molecular formula is C17H18BrN5O. The molecule has 124 valence electrons. The second kappa shape index (κ2) is 6.60. The number of amides is 1. The summed E-state index contributed by atoms with van der Waals surface area (Å²) in [7, 11) is 1.78. The number of hydrogen-bond donors (Lipinski definition) is 1. The minimum absolute atomic E-state index is 0.214. The third-order valence-corrected chi connectivity index (χ3v) is 4.45. The second-order valence-electron chi connectivity index (χ2n) is 5.58. The molecule has 0 aliphatic carbocycles. The number of halogens is 1. The predicted molar refractivity (Wildman–Crippen MR) is 95.1 cm³/mol. The highest BCUT2D eigenvalue weighted by molar-refractivity contribution is 9.10. The SMILES string of the molecule is Cc1nn(-c2ccccc2)c(C)c1CNC(=O)c1nn(C)cc1Br. The van der Waals surface area contributed by atoms with E-state index in [2.05, 4.69) is 31.4 Å². The number of aromatic nitrogens is 4. The number of aryl methyl sites for hydroxylation is 2. The van der Waals surface area contributed by atoms with E-state index in [-0.39, 0.29) is 5.91 Å². The van der Waals surface area contributed by atoms with Gasteiger partial charge >= 0.3 is 0 Å². The maximum atomic E-state index is 12.3. The molecule has 1 amide bonds.